The Kier molecular flexibility index (Phi) is 5.41. The number of halogens is 2. The van der Waals surface area contributed by atoms with Gasteiger partial charge in [0, 0.05) is 18.7 Å². The van der Waals surface area contributed by atoms with Gasteiger partial charge in [-0.1, -0.05) is 12.8 Å². The predicted octanol–water partition coefficient (Wildman–Crippen LogP) is 2.85. The molecule has 1 amide bonds. The Labute approximate surface area is 113 Å². The highest BCUT2D eigenvalue weighted by molar-refractivity contribution is 5.95. The molecule has 1 aromatic rings. The van der Waals surface area contributed by atoms with E-state index in [1.54, 1.807) is 0 Å². The van der Waals surface area contributed by atoms with Gasteiger partial charge in [0.25, 0.3) is 5.91 Å². The number of hydrogen-bond donors (Lipinski definition) is 1. The zero-order chi connectivity index (χ0) is 12.3. The molecule has 5 heteroatoms. The van der Waals surface area contributed by atoms with Crippen LogP contribution in [0.25, 0.3) is 0 Å². The molecule has 18 heavy (non-hydrogen) atoms. The molecule has 2 rings (SSSR count). The van der Waals surface area contributed by atoms with E-state index < -0.39 is 5.82 Å². The summed E-state index contributed by atoms with van der Waals surface area (Å²) in [7, 11) is 0. The van der Waals surface area contributed by atoms with Gasteiger partial charge in [-0.25, -0.2) is 4.39 Å². The van der Waals surface area contributed by atoms with E-state index >= 15 is 0 Å². The number of benzene rings is 1. The van der Waals surface area contributed by atoms with Gasteiger partial charge in [0.15, 0.2) is 0 Å². The highest BCUT2D eigenvalue weighted by Gasteiger charge is 2.17. The highest BCUT2D eigenvalue weighted by Crippen LogP contribution is 2.16. The molecule has 0 bridgehead atoms. The zero-order valence-electron chi connectivity index (χ0n) is 10.2. The third-order valence-corrected chi connectivity index (χ3v) is 3.14. The second-order valence-electron chi connectivity index (χ2n) is 4.44. The van der Waals surface area contributed by atoms with E-state index in [0.29, 0.717) is 5.56 Å². The molecule has 0 saturated carbocycles. The number of rotatable bonds is 1. The predicted molar refractivity (Wildman–Crippen MR) is 72.4 cm³/mol. The van der Waals surface area contributed by atoms with E-state index in [2.05, 4.69) is 0 Å². The quantitative estimate of drug-likeness (QED) is 0.799. The average Bonchev–Trinajstić information content (AvgIpc) is 2.60. The van der Waals surface area contributed by atoms with E-state index in [1.165, 1.54) is 31.0 Å². The molecule has 1 aliphatic heterocycles. The van der Waals surface area contributed by atoms with Gasteiger partial charge in [-0.15, -0.1) is 12.4 Å². The van der Waals surface area contributed by atoms with Crippen molar-refractivity contribution in [2.24, 2.45) is 0 Å². The Morgan fingerprint density at radius 1 is 1.17 bits per heavy atom. The number of anilines is 1. The first-order valence-electron chi connectivity index (χ1n) is 6.03. The van der Waals surface area contributed by atoms with Crippen LogP contribution in [-0.2, 0) is 0 Å². The Bertz CT molecular complexity index is 417. The van der Waals surface area contributed by atoms with Gasteiger partial charge < -0.3 is 10.6 Å². The molecule has 1 heterocycles. The number of nitrogen functional groups attached to an aromatic ring is 1. The van der Waals surface area contributed by atoms with Crippen molar-refractivity contribution in [2.45, 2.75) is 25.7 Å². The number of nitrogens with two attached hydrogens (primary N) is 1. The summed E-state index contributed by atoms with van der Waals surface area (Å²) in [6.07, 6.45) is 4.44. The van der Waals surface area contributed by atoms with Gasteiger partial charge in [-0.2, -0.15) is 0 Å². The topological polar surface area (TPSA) is 46.3 Å². The van der Waals surface area contributed by atoms with Crippen molar-refractivity contribution in [1.29, 1.82) is 0 Å². The summed E-state index contributed by atoms with van der Waals surface area (Å²) in [5.41, 5.74) is 5.98. The van der Waals surface area contributed by atoms with Crippen molar-refractivity contribution in [3.8, 4) is 0 Å². The van der Waals surface area contributed by atoms with Gasteiger partial charge in [0.1, 0.15) is 5.82 Å². The molecule has 1 fully saturated rings. The highest BCUT2D eigenvalue weighted by atomic mass is 35.5. The summed E-state index contributed by atoms with van der Waals surface area (Å²) >= 11 is 0. The van der Waals surface area contributed by atoms with Crippen molar-refractivity contribution in [3.05, 3.63) is 29.6 Å². The van der Waals surface area contributed by atoms with E-state index in [4.69, 9.17) is 5.73 Å². The molecule has 0 aromatic heterocycles. The number of carbonyl (C=O) groups is 1. The molecule has 0 unspecified atom stereocenters. The normalized spacial score (nSPS) is 15.7. The molecule has 1 aromatic carbocycles. The number of likely N-dealkylation sites (tertiary alicyclic amines) is 1. The van der Waals surface area contributed by atoms with Crippen LogP contribution < -0.4 is 5.73 Å². The maximum absolute atomic E-state index is 13.0. The Balaban J connectivity index is 0.00000162. The van der Waals surface area contributed by atoms with Gasteiger partial charge in [-0.05, 0) is 31.0 Å². The van der Waals surface area contributed by atoms with Crippen LogP contribution >= 0.6 is 12.4 Å². The minimum Gasteiger partial charge on any atom is -0.396 e. The van der Waals surface area contributed by atoms with E-state index in [1.807, 2.05) is 4.90 Å². The summed E-state index contributed by atoms with van der Waals surface area (Å²) < 4.78 is 13.0. The molecular formula is C13H18ClFN2O. The van der Waals surface area contributed by atoms with Gasteiger partial charge >= 0.3 is 0 Å². The van der Waals surface area contributed by atoms with Crippen molar-refractivity contribution in [2.75, 3.05) is 18.8 Å². The second-order valence-corrected chi connectivity index (χ2v) is 4.44. The van der Waals surface area contributed by atoms with Gasteiger partial charge in [0.2, 0.25) is 0 Å². The fraction of sp³-hybridized carbons (Fsp3) is 0.462. The second kappa shape index (κ2) is 6.59. The molecule has 1 aliphatic rings. The van der Waals surface area contributed by atoms with Crippen LogP contribution in [-0.4, -0.2) is 23.9 Å². The van der Waals surface area contributed by atoms with E-state index in [-0.39, 0.29) is 24.0 Å². The standard InChI is InChI=1S/C13H17FN2O.ClH/c14-11-6-5-10(9-12(11)15)13(17)16-7-3-1-2-4-8-16;/h5-6,9H,1-4,7-8,15H2;1H. The van der Waals surface area contributed by atoms with Crippen LogP contribution in [0.4, 0.5) is 10.1 Å². The Morgan fingerprint density at radius 3 is 2.33 bits per heavy atom. The fourth-order valence-corrected chi connectivity index (χ4v) is 2.13. The summed E-state index contributed by atoms with van der Waals surface area (Å²) in [5.74, 6) is -0.518. The van der Waals surface area contributed by atoms with Crippen LogP contribution in [0.15, 0.2) is 18.2 Å². The van der Waals surface area contributed by atoms with Crippen molar-refractivity contribution < 1.29 is 9.18 Å². The lowest BCUT2D eigenvalue weighted by Gasteiger charge is -2.20. The first-order chi connectivity index (χ1) is 8.18. The lowest BCUT2D eigenvalue weighted by atomic mass is 10.1. The molecule has 2 N–H and O–H groups in total. The molecule has 3 nitrogen and oxygen atoms in total. The molecule has 1 saturated heterocycles. The number of hydrogen-bond acceptors (Lipinski definition) is 2. The molecule has 0 spiro atoms. The smallest absolute Gasteiger partial charge is 0.253 e. The van der Waals surface area contributed by atoms with Gasteiger partial charge in [0.05, 0.1) is 5.69 Å². The minimum absolute atomic E-state index is 0. The van der Waals surface area contributed by atoms with Crippen molar-refractivity contribution in [3.63, 3.8) is 0 Å². The molecule has 0 atom stereocenters. The van der Waals surface area contributed by atoms with Crippen LogP contribution in [0.3, 0.4) is 0 Å². The maximum Gasteiger partial charge on any atom is 0.253 e. The first-order valence-corrected chi connectivity index (χ1v) is 6.03. The third kappa shape index (κ3) is 3.35. The van der Waals surface area contributed by atoms with E-state index in [0.717, 1.165) is 25.9 Å². The lowest BCUT2D eigenvalue weighted by Crippen LogP contribution is -2.31. The Hall–Kier alpha value is -1.29. The SMILES string of the molecule is Cl.Nc1cc(C(=O)N2CCCCCC2)ccc1F. The number of amides is 1. The van der Waals surface area contributed by atoms with Gasteiger partial charge in [-0.3, -0.25) is 4.79 Å². The molecular weight excluding hydrogens is 255 g/mol. The van der Waals surface area contributed by atoms with Crippen LogP contribution in [0.5, 0.6) is 0 Å². The van der Waals surface area contributed by atoms with Crippen molar-refractivity contribution >= 4 is 24.0 Å². The number of carbonyl (C=O) groups excluding carboxylic acids is 1. The number of nitrogens with zero attached hydrogens (tertiary/aromatic N) is 1. The van der Waals surface area contributed by atoms with E-state index in [9.17, 15) is 9.18 Å². The first kappa shape index (κ1) is 14.8. The Morgan fingerprint density at radius 2 is 1.78 bits per heavy atom. The fourth-order valence-electron chi connectivity index (χ4n) is 2.13. The zero-order valence-corrected chi connectivity index (χ0v) is 11.0. The third-order valence-electron chi connectivity index (χ3n) is 3.14. The summed E-state index contributed by atoms with van der Waals surface area (Å²) in [6.45, 7) is 1.58. The van der Waals surface area contributed by atoms with Crippen LogP contribution in [0.1, 0.15) is 36.0 Å². The van der Waals surface area contributed by atoms with Crippen molar-refractivity contribution in [1.82, 2.24) is 4.90 Å². The largest absolute Gasteiger partial charge is 0.396 e. The molecule has 100 valence electrons. The van der Waals surface area contributed by atoms with Crippen LogP contribution in [0, 0.1) is 5.82 Å². The summed E-state index contributed by atoms with van der Waals surface area (Å²) in [5, 5.41) is 0. The van der Waals surface area contributed by atoms with Crippen LogP contribution in [0.2, 0.25) is 0 Å². The average molecular weight is 273 g/mol. The molecule has 0 aliphatic carbocycles. The lowest BCUT2D eigenvalue weighted by molar-refractivity contribution is 0.0761. The monoisotopic (exact) mass is 272 g/mol. The summed E-state index contributed by atoms with van der Waals surface area (Å²) in [4.78, 5) is 14.0. The molecule has 0 radical (unpaired) electrons. The maximum atomic E-state index is 13.0. The summed E-state index contributed by atoms with van der Waals surface area (Å²) in [6, 6.07) is 4.17. The minimum atomic E-state index is -0.475.